The Morgan fingerprint density at radius 1 is 0.533 bits per heavy atom. The minimum Gasteiger partial charge on any atom is -0.462 e. The Morgan fingerprint density at radius 2 is 0.800 bits per heavy atom. The van der Waals surface area contributed by atoms with E-state index in [1.54, 1.807) is 0 Å². The predicted molar refractivity (Wildman–Crippen MR) is 106 cm³/mol. The number of hydrogen-bond donors (Lipinski definition) is 3. The highest BCUT2D eigenvalue weighted by Crippen LogP contribution is 2.15. The fraction of sp³-hybridized carbons (Fsp3) is 0.571. The van der Waals surface area contributed by atoms with Crippen LogP contribution in [0.1, 0.15) is 69.6 Å². The van der Waals surface area contributed by atoms with Crippen LogP contribution >= 0.6 is 0 Å². The van der Waals surface area contributed by atoms with Gasteiger partial charge < -0.3 is 29.5 Å². The van der Waals surface area contributed by atoms with Crippen LogP contribution in [0.3, 0.4) is 0 Å². The van der Waals surface area contributed by atoms with Gasteiger partial charge in [0.15, 0.2) is 0 Å². The second-order valence-electron chi connectivity index (χ2n) is 6.50. The number of aliphatic hydroxyl groups is 3. The molecule has 0 aliphatic heterocycles. The average molecular weight is 426 g/mol. The van der Waals surface area contributed by atoms with E-state index in [0.29, 0.717) is 38.5 Å². The van der Waals surface area contributed by atoms with Gasteiger partial charge in [-0.05, 0) is 56.7 Å². The van der Waals surface area contributed by atoms with Crippen LogP contribution in [0.15, 0.2) is 18.2 Å². The molecule has 0 unspecified atom stereocenters. The van der Waals surface area contributed by atoms with E-state index in [4.69, 9.17) is 29.5 Å². The van der Waals surface area contributed by atoms with Crippen molar-refractivity contribution >= 4 is 17.9 Å². The lowest BCUT2D eigenvalue weighted by atomic mass is 10.1. The molecule has 0 radical (unpaired) electrons. The van der Waals surface area contributed by atoms with Crippen molar-refractivity contribution in [1.29, 1.82) is 0 Å². The molecule has 0 aliphatic rings. The highest BCUT2D eigenvalue weighted by molar-refractivity contribution is 6.00. The van der Waals surface area contributed by atoms with Gasteiger partial charge in [-0.25, -0.2) is 14.4 Å². The molecule has 1 aromatic rings. The van der Waals surface area contributed by atoms with Crippen LogP contribution in [-0.4, -0.2) is 72.9 Å². The van der Waals surface area contributed by atoms with Crippen LogP contribution in [0.25, 0.3) is 0 Å². The summed E-state index contributed by atoms with van der Waals surface area (Å²) in [5.74, 6) is -2.13. The molecule has 0 aliphatic carbocycles. The first-order chi connectivity index (χ1) is 14.5. The zero-order chi connectivity index (χ0) is 22.2. The molecule has 0 saturated heterocycles. The van der Waals surface area contributed by atoms with E-state index in [9.17, 15) is 14.4 Å². The first kappa shape index (κ1) is 25.5. The van der Waals surface area contributed by atoms with Gasteiger partial charge in [-0.3, -0.25) is 0 Å². The standard InChI is InChI=1S/C21H30O9/c22-7-1-4-10-28-19(25)16-13-17(20(26)29-11-5-2-8-23)15-18(14-16)21(27)30-12-6-3-9-24/h13-15,22-24H,1-12H2. The Kier molecular flexibility index (Phi) is 13.1. The average Bonchev–Trinajstić information content (AvgIpc) is 2.76. The Balaban J connectivity index is 2.92. The number of unbranched alkanes of at least 4 members (excludes halogenated alkanes) is 3. The van der Waals surface area contributed by atoms with E-state index in [-0.39, 0.29) is 56.3 Å². The maximum Gasteiger partial charge on any atom is 0.338 e. The molecule has 1 aromatic carbocycles. The largest absolute Gasteiger partial charge is 0.462 e. The molecular weight excluding hydrogens is 396 g/mol. The normalized spacial score (nSPS) is 10.5. The number of carbonyl (C=O) groups excluding carboxylic acids is 3. The van der Waals surface area contributed by atoms with Crippen molar-refractivity contribution < 1.29 is 43.9 Å². The lowest BCUT2D eigenvalue weighted by molar-refractivity contribution is 0.0488. The van der Waals surface area contributed by atoms with Gasteiger partial charge in [-0.15, -0.1) is 0 Å². The zero-order valence-electron chi connectivity index (χ0n) is 17.0. The first-order valence-corrected chi connectivity index (χ1v) is 10.0. The zero-order valence-corrected chi connectivity index (χ0v) is 17.0. The molecule has 30 heavy (non-hydrogen) atoms. The lowest BCUT2D eigenvalue weighted by Gasteiger charge is -2.10. The maximum absolute atomic E-state index is 12.3. The van der Waals surface area contributed by atoms with Crippen LogP contribution in [0.2, 0.25) is 0 Å². The number of esters is 3. The van der Waals surface area contributed by atoms with Gasteiger partial charge in [0.1, 0.15) is 0 Å². The van der Waals surface area contributed by atoms with Crippen molar-refractivity contribution in [2.24, 2.45) is 0 Å². The monoisotopic (exact) mass is 426 g/mol. The molecule has 0 heterocycles. The number of carbonyl (C=O) groups is 3. The quantitative estimate of drug-likeness (QED) is 0.216. The second-order valence-corrected chi connectivity index (χ2v) is 6.50. The highest BCUT2D eigenvalue weighted by atomic mass is 16.5. The molecule has 0 fully saturated rings. The van der Waals surface area contributed by atoms with E-state index < -0.39 is 17.9 Å². The van der Waals surface area contributed by atoms with E-state index >= 15 is 0 Å². The van der Waals surface area contributed by atoms with Gasteiger partial charge >= 0.3 is 17.9 Å². The first-order valence-electron chi connectivity index (χ1n) is 10.0. The third-order valence-electron chi connectivity index (χ3n) is 4.00. The second kappa shape index (κ2) is 15.4. The van der Waals surface area contributed by atoms with Crippen molar-refractivity contribution in [3.8, 4) is 0 Å². The van der Waals surface area contributed by atoms with Gasteiger partial charge in [0.2, 0.25) is 0 Å². The topological polar surface area (TPSA) is 140 Å². The van der Waals surface area contributed by atoms with Gasteiger partial charge in [0.25, 0.3) is 0 Å². The molecule has 0 atom stereocenters. The number of benzene rings is 1. The number of ether oxygens (including phenoxy) is 3. The highest BCUT2D eigenvalue weighted by Gasteiger charge is 2.19. The predicted octanol–water partition coefficient (Wildman–Crippen LogP) is 1.47. The van der Waals surface area contributed by atoms with E-state index in [2.05, 4.69) is 0 Å². The number of hydrogen-bond acceptors (Lipinski definition) is 9. The summed E-state index contributed by atoms with van der Waals surface area (Å²) >= 11 is 0. The lowest BCUT2D eigenvalue weighted by Crippen LogP contribution is -2.14. The Hall–Kier alpha value is -2.49. The van der Waals surface area contributed by atoms with E-state index in [1.807, 2.05) is 0 Å². The number of aliphatic hydroxyl groups excluding tert-OH is 3. The van der Waals surface area contributed by atoms with Crippen molar-refractivity contribution in [2.75, 3.05) is 39.6 Å². The Labute approximate surface area is 175 Å². The SMILES string of the molecule is O=C(OCCCCO)c1cc(C(=O)OCCCCO)cc(C(=O)OCCCCO)c1. The Bertz CT molecular complexity index is 570. The van der Waals surface area contributed by atoms with Crippen LogP contribution in [0, 0.1) is 0 Å². The molecular formula is C21H30O9. The van der Waals surface area contributed by atoms with Gasteiger partial charge in [0.05, 0.1) is 36.5 Å². The molecule has 0 aromatic heterocycles. The van der Waals surface area contributed by atoms with Crippen LogP contribution in [-0.2, 0) is 14.2 Å². The van der Waals surface area contributed by atoms with Crippen molar-refractivity contribution in [3.05, 3.63) is 34.9 Å². The summed E-state index contributed by atoms with van der Waals surface area (Å²) in [5, 5.41) is 26.3. The molecule has 9 heteroatoms. The molecule has 168 valence electrons. The molecule has 1 rings (SSSR count). The van der Waals surface area contributed by atoms with Crippen LogP contribution in [0.5, 0.6) is 0 Å². The minimum absolute atomic E-state index is 0.00566. The summed E-state index contributed by atoms with van der Waals surface area (Å²) in [4.78, 5) is 36.9. The van der Waals surface area contributed by atoms with Crippen molar-refractivity contribution in [3.63, 3.8) is 0 Å². The summed E-state index contributed by atoms with van der Waals surface area (Å²) in [5.41, 5.74) is 0.0170. The van der Waals surface area contributed by atoms with E-state index in [0.717, 1.165) is 0 Å². The van der Waals surface area contributed by atoms with E-state index in [1.165, 1.54) is 18.2 Å². The molecule has 0 saturated carbocycles. The summed E-state index contributed by atoms with van der Waals surface area (Å²) in [7, 11) is 0. The van der Waals surface area contributed by atoms with Crippen LogP contribution in [0.4, 0.5) is 0 Å². The molecule has 0 bridgehead atoms. The smallest absolute Gasteiger partial charge is 0.338 e. The van der Waals surface area contributed by atoms with Gasteiger partial charge in [-0.2, -0.15) is 0 Å². The van der Waals surface area contributed by atoms with Crippen molar-refractivity contribution in [2.45, 2.75) is 38.5 Å². The summed E-state index contributed by atoms with van der Waals surface area (Å²) < 4.78 is 15.3. The minimum atomic E-state index is -0.711. The van der Waals surface area contributed by atoms with Gasteiger partial charge in [0, 0.05) is 19.8 Å². The van der Waals surface area contributed by atoms with Gasteiger partial charge in [-0.1, -0.05) is 0 Å². The summed E-state index contributed by atoms with van der Waals surface area (Å²) in [6, 6.07) is 3.85. The number of rotatable bonds is 15. The summed E-state index contributed by atoms with van der Waals surface area (Å²) in [6.07, 6.45) is 2.90. The fourth-order valence-corrected chi connectivity index (χ4v) is 2.37. The van der Waals surface area contributed by atoms with Crippen molar-refractivity contribution in [1.82, 2.24) is 0 Å². The molecule has 0 spiro atoms. The third kappa shape index (κ3) is 9.82. The molecule has 0 amide bonds. The maximum atomic E-state index is 12.3. The Morgan fingerprint density at radius 3 is 1.03 bits per heavy atom. The molecule has 3 N–H and O–H groups in total. The fourth-order valence-electron chi connectivity index (χ4n) is 2.37. The third-order valence-corrected chi connectivity index (χ3v) is 4.00. The molecule has 9 nitrogen and oxygen atoms in total. The summed E-state index contributed by atoms with van der Waals surface area (Å²) in [6.45, 7) is 0.243. The van der Waals surface area contributed by atoms with Crippen LogP contribution < -0.4 is 0 Å².